The van der Waals surface area contributed by atoms with Crippen LogP contribution in [0.3, 0.4) is 0 Å². The van der Waals surface area contributed by atoms with Gasteiger partial charge in [-0.1, -0.05) is 39.0 Å². The Labute approximate surface area is 160 Å². The van der Waals surface area contributed by atoms with Gasteiger partial charge >= 0.3 is 0 Å². The van der Waals surface area contributed by atoms with E-state index in [1.54, 1.807) is 29.6 Å². The van der Waals surface area contributed by atoms with Crippen molar-refractivity contribution in [2.75, 3.05) is 0 Å². The van der Waals surface area contributed by atoms with Crippen LogP contribution in [0.25, 0.3) is 10.6 Å². The summed E-state index contributed by atoms with van der Waals surface area (Å²) in [6.45, 7) is 6.17. The molecule has 0 bridgehead atoms. The average Bonchev–Trinajstić information content (AvgIpc) is 3.23. The van der Waals surface area contributed by atoms with Gasteiger partial charge < -0.3 is 0 Å². The molecular weight excluding hydrogens is 391 g/mol. The van der Waals surface area contributed by atoms with Crippen molar-refractivity contribution in [3.8, 4) is 10.6 Å². The van der Waals surface area contributed by atoms with Crippen LogP contribution in [0.15, 0.2) is 45.3 Å². The van der Waals surface area contributed by atoms with Gasteiger partial charge in [-0.2, -0.15) is 0 Å². The Kier molecular flexibility index (Phi) is 5.30. The molecule has 4 nitrogen and oxygen atoms in total. The Morgan fingerprint density at radius 1 is 1.15 bits per heavy atom. The normalized spacial score (nSPS) is 12.5. The standard InChI is InChI=1S/C18H19FN2O2S3/c1-18(2,3)15-11-25-17(21-15)13-8-16(24-10-13)26(22,23)20-9-12-6-4-5-7-14(12)19/h4-8,10-11,20H,9H2,1-3H3. The second-order valence-electron chi connectivity index (χ2n) is 6.86. The van der Waals surface area contributed by atoms with E-state index in [1.807, 2.05) is 5.38 Å². The van der Waals surface area contributed by atoms with Gasteiger partial charge in [-0.05, 0) is 12.1 Å². The Morgan fingerprint density at radius 3 is 2.54 bits per heavy atom. The van der Waals surface area contributed by atoms with Gasteiger partial charge in [-0.3, -0.25) is 0 Å². The van der Waals surface area contributed by atoms with E-state index in [-0.39, 0.29) is 16.2 Å². The molecule has 2 heterocycles. The molecule has 3 aromatic rings. The number of nitrogens with one attached hydrogen (secondary N) is 1. The minimum Gasteiger partial charge on any atom is -0.241 e. The van der Waals surface area contributed by atoms with Gasteiger partial charge in [0, 0.05) is 33.8 Å². The van der Waals surface area contributed by atoms with Gasteiger partial charge in [0.05, 0.1) is 5.69 Å². The summed E-state index contributed by atoms with van der Waals surface area (Å²) in [6, 6.07) is 7.72. The first kappa shape index (κ1) is 19.2. The molecular formula is C18H19FN2O2S3. The van der Waals surface area contributed by atoms with Gasteiger partial charge in [0.25, 0.3) is 0 Å². The number of rotatable bonds is 5. The molecule has 138 valence electrons. The zero-order valence-electron chi connectivity index (χ0n) is 14.6. The highest BCUT2D eigenvalue weighted by Gasteiger charge is 2.21. The number of aromatic nitrogens is 1. The van der Waals surface area contributed by atoms with E-state index in [0.29, 0.717) is 5.56 Å². The van der Waals surface area contributed by atoms with Crippen LogP contribution in [0.5, 0.6) is 0 Å². The van der Waals surface area contributed by atoms with Gasteiger partial charge in [0.1, 0.15) is 15.0 Å². The second-order valence-corrected chi connectivity index (χ2v) is 10.6. The van der Waals surface area contributed by atoms with Crippen molar-refractivity contribution in [1.29, 1.82) is 0 Å². The van der Waals surface area contributed by atoms with Crippen LogP contribution >= 0.6 is 22.7 Å². The molecule has 3 rings (SSSR count). The van der Waals surface area contributed by atoms with E-state index in [9.17, 15) is 12.8 Å². The number of benzene rings is 1. The molecule has 8 heteroatoms. The summed E-state index contributed by atoms with van der Waals surface area (Å²) in [6.07, 6.45) is 0. The highest BCUT2D eigenvalue weighted by Crippen LogP contribution is 2.33. The van der Waals surface area contributed by atoms with E-state index in [4.69, 9.17) is 0 Å². The maximum atomic E-state index is 13.7. The van der Waals surface area contributed by atoms with Crippen molar-refractivity contribution in [1.82, 2.24) is 9.71 Å². The van der Waals surface area contributed by atoms with Gasteiger partial charge in [-0.25, -0.2) is 22.5 Å². The zero-order valence-corrected chi connectivity index (χ0v) is 17.1. The van der Waals surface area contributed by atoms with E-state index in [1.165, 1.54) is 17.4 Å². The lowest BCUT2D eigenvalue weighted by Gasteiger charge is -2.14. The lowest BCUT2D eigenvalue weighted by Crippen LogP contribution is -2.22. The Bertz CT molecular complexity index is 1020. The monoisotopic (exact) mass is 410 g/mol. The van der Waals surface area contributed by atoms with Gasteiger partial charge in [-0.15, -0.1) is 22.7 Å². The minimum atomic E-state index is -3.71. The molecule has 1 N–H and O–H groups in total. The topological polar surface area (TPSA) is 59.1 Å². The van der Waals surface area contributed by atoms with Crippen molar-refractivity contribution < 1.29 is 12.8 Å². The molecule has 0 spiro atoms. The van der Waals surface area contributed by atoms with E-state index in [0.717, 1.165) is 27.6 Å². The molecule has 0 saturated heterocycles. The van der Waals surface area contributed by atoms with Crippen LogP contribution in [0, 0.1) is 5.82 Å². The summed E-state index contributed by atoms with van der Waals surface area (Å²) in [7, 11) is -3.71. The first-order valence-corrected chi connectivity index (χ1v) is 11.2. The molecule has 2 aromatic heterocycles. The lowest BCUT2D eigenvalue weighted by molar-refractivity contribution is 0.573. The number of hydrogen-bond acceptors (Lipinski definition) is 5. The van der Waals surface area contributed by atoms with Crippen LogP contribution in [-0.4, -0.2) is 13.4 Å². The number of thiophene rings is 1. The minimum absolute atomic E-state index is 0.0546. The maximum Gasteiger partial charge on any atom is 0.250 e. The largest absolute Gasteiger partial charge is 0.250 e. The van der Waals surface area contributed by atoms with Crippen molar-refractivity contribution in [2.45, 2.75) is 36.9 Å². The number of halogens is 1. The molecule has 26 heavy (non-hydrogen) atoms. The fourth-order valence-corrected chi connectivity index (χ4v) is 5.53. The smallest absolute Gasteiger partial charge is 0.241 e. The number of sulfonamides is 1. The summed E-state index contributed by atoms with van der Waals surface area (Å²) in [4.78, 5) is 4.61. The predicted octanol–water partition coefficient (Wildman–Crippen LogP) is 4.79. The highest BCUT2D eigenvalue weighted by atomic mass is 32.2. The first-order chi connectivity index (χ1) is 12.2. The SMILES string of the molecule is CC(C)(C)c1csc(-c2csc(S(=O)(=O)NCc3ccccc3F)c2)n1. The van der Waals surface area contributed by atoms with Crippen LogP contribution in [0.1, 0.15) is 32.0 Å². The Balaban J connectivity index is 1.78. The third-order valence-electron chi connectivity index (χ3n) is 3.77. The Hall–Kier alpha value is -1.61. The molecule has 1 aromatic carbocycles. The first-order valence-electron chi connectivity index (χ1n) is 7.95. The lowest BCUT2D eigenvalue weighted by atomic mass is 9.93. The molecule has 0 radical (unpaired) electrons. The third-order valence-corrected chi connectivity index (χ3v) is 7.50. The molecule has 0 fully saturated rings. The van der Waals surface area contributed by atoms with Crippen LogP contribution in [0.2, 0.25) is 0 Å². The number of hydrogen-bond donors (Lipinski definition) is 1. The van der Waals surface area contributed by atoms with Crippen molar-refractivity contribution >= 4 is 32.7 Å². The van der Waals surface area contributed by atoms with Crippen LogP contribution < -0.4 is 4.72 Å². The molecule has 0 unspecified atom stereocenters. The zero-order chi connectivity index (χ0) is 18.9. The summed E-state index contributed by atoms with van der Waals surface area (Å²) in [5.74, 6) is -0.431. The molecule has 0 aliphatic carbocycles. The molecule has 0 aliphatic rings. The van der Waals surface area contributed by atoms with Crippen molar-refractivity contribution in [2.24, 2.45) is 0 Å². The van der Waals surface area contributed by atoms with E-state index in [2.05, 4.69) is 30.5 Å². The fourth-order valence-electron chi connectivity index (χ4n) is 2.21. The highest BCUT2D eigenvalue weighted by molar-refractivity contribution is 7.91. The predicted molar refractivity (Wildman–Crippen MR) is 105 cm³/mol. The molecule has 0 aliphatic heterocycles. The van der Waals surface area contributed by atoms with E-state index >= 15 is 0 Å². The summed E-state index contributed by atoms with van der Waals surface area (Å²) >= 11 is 2.63. The third kappa shape index (κ3) is 4.20. The molecule has 0 saturated carbocycles. The quantitative estimate of drug-likeness (QED) is 0.658. The van der Waals surface area contributed by atoms with Crippen molar-refractivity contribution in [3.63, 3.8) is 0 Å². The maximum absolute atomic E-state index is 13.7. The number of thiazole rings is 1. The molecule has 0 atom stereocenters. The van der Waals surface area contributed by atoms with Crippen molar-refractivity contribution in [3.05, 3.63) is 58.2 Å². The number of nitrogens with zero attached hydrogens (tertiary/aromatic N) is 1. The molecule has 0 amide bonds. The second kappa shape index (κ2) is 7.19. The van der Waals surface area contributed by atoms with Gasteiger partial charge in [0.2, 0.25) is 10.0 Å². The average molecular weight is 411 g/mol. The summed E-state index contributed by atoms with van der Waals surface area (Å²) in [5, 5.41) is 4.57. The van der Waals surface area contributed by atoms with Gasteiger partial charge in [0.15, 0.2) is 0 Å². The summed E-state index contributed by atoms with van der Waals surface area (Å²) in [5.41, 5.74) is 2.01. The van der Waals surface area contributed by atoms with E-state index < -0.39 is 15.8 Å². The van der Waals surface area contributed by atoms with Crippen LogP contribution in [0.4, 0.5) is 4.39 Å². The Morgan fingerprint density at radius 2 is 1.88 bits per heavy atom. The fraction of sp³-hybridized carbons (Fsp3) is 0.278. The summed E-state index contributed by atoms with van der Waals surface area (Å²) < 4.78 is 41.3. The van der Waals surface area contributed by atoms with Crippen LogP contribution in [-0.2, 0) is 22.0 Å².